The first-order valence-electron chi connectivity index (χ1n) is 8.12. The van der Waals surface area contributed by atoms with Crippen LogP contribution in [0.3, 0.4) is 0 Å². The van der Waals surface area contributed by atoms with Crippen molar-refractivity contribution in [3.05, 3.63) is 76.3 Å². The van der Waals surface area contributed by atoms with Crippen LogP contribution < -0.4 is 5.84 Å². The molecule has 6 nitrogen and oxygen atoms in total. The molecule has 0 bridgehead atoms. The summed E-state index contributed by atoms with van der Waals surface area (Å²) in [4.78, 5) is 0.309. The molecule has 1 heterocycles. The van der Waals surface area contributed by atoms with Gasteiger partial charge in [0.05, 0.1) is 10.6 Å². The fourth-order valence-electron chi connectivity index (χ4n) is 2.80. The van der Waals surface area contributed by atoms with Gasteiger partial charge in [0.1, 0.15) is 0 Å². The van der Waals surface area contributed by atoms with Crippen molar-refractivity contribution in [1.82, 2.24) is 14.9 Å². The van der Waals surface area contributed by atoms with Gasteiger partial charge in [0.15, 0.2) is 15.7 Å². The molecule has 0 aliphatic carbocycles. The first-order chi connectivity index (χ1) is 12.4. The molecule has 0 saturated carbocycles. The summed E-state index contributed by atoms with van der Waals surface area (Å²) in [6.45, 7) is 1.99. The Labute approximate surface area is 157 Å². The molecule has 0 amide bonds. The van der Waals surface area contributed by atoms with E-state index < -0.39 is 9.84 Å². The molecule has 0 spiro atoms. The number of hydrogen-bond acceptors (Lipinski definition) is 5. The lowest BCUT2D eigenvalue weighted by Gasteiger charge is -2.17. The quantitative estimate of drug-likeness (QED) is 0.500. The monoisotopic (exact) mass is 388 g/mol. The van der Waals surface area contributed by atoms with Crippen LogP contribution in [0, 0.1) is 11.7 Å². The molecule has 3 N–H and O–H groups in total. The summed E-state index contributed by atoms with van der Waals surface area (Å²) in [7, 11) is -3.46. The van der Waals surface area contributed by atoms with E-state index in [0.29, 0.717) is 21.9 Å². The molecule has 136 valence electrons. The number of nitrogens with one attached hydrogen (secondary N) is 1. The molecule has 0 aliphatic rings. The lowest BCUT2D eigenvalue weighted by molar-refractivity contribution is 0.583. The molecule has 1 unspecified atom stereocenters. The number of aryl methyl sites for hydroxylation is 1. The van der Waals surface area contributed by atoms with Crippen molar-refractivity contribution < 1.29 is 8.42 Å². The fourth-order valence-corrected chi connectivity index (χ4v) is 4.56. The summed E-state index contributed by atoms with van der Waals surface area (Å²) in [6, 6.07) is 16.3. The van der Waals surface area contributed by atoms with Gasteiger partial charge in [-0.3, -0.25) is 5.10 Å². The number of nitrogens with two attached hydrogens (primary N) is 1. The number of sulfone groups is 1. The average molecular weight is 389 g/mol. The minimum Gasteiger partial charge on any atom is -0.335 e. The van der Waals surface area contributed by atoms with Crippen LogP contribution in [-0.4, -0.2) is 29.0 Å². The van der Waals surface area contributed by atoms with Gasteiger partial charge in [0, 0.05) is 12.3 Å². The molecule has 2 aromatic carbocycles. The van der Waals surface area contributed by atoms with Gasteiger partial charge in [-0.2, -0.15) is 5.10 Å². The molecule has 0 aliphatic heterocycles. The summed E-state index contributed by atoms with van der Waals surface area (Å²) in [5, 5.41) is 6.77. The van der Waals surface area contributed by atoms with E-state index in [1.54, 1.807) is 30.3 Å². The summed E-state index contributed by atoms with van der Waals surface area (Å²) < 4.78 is 27.3. The Kier molecular flexibility index (Phi) is 5.24. The third-order valence-corrected chi connectivity index (χ3v) is 6.40. The first-order valence-corrected chi connectivity index (χ1v) is 10.2. The van der Waals surface area contributed by atoms with Gasteiger partial charge >= 0.3 is 0 Å². The van der Waals surface area contributed by atoms with Gasteiger partial charge < -0.3 is 5.84 Å². The van der Waals surface area contributed by atoms with Crippen molar-refractivity contribution in [3.8, 4) is 0 Å². The van der Waals surface area contributed by atoms with E-state index in [1.165, 1.54) is 4.68 Å². The molecule has 1 atom stereocenters. The van der Waals surface area contributed by atoms with Crippen LogP contribution >= 0.6 is 12.2 Å². The van der Waals surface area contributed by atoms with E-state index in [9.17, 15) is 8.42 Å². The number of H-pyrrole nitrogens is 1. The van der Waals surface area contributed by atoms with Crippen LogP contribution in [0.5, 0.6) is 0 Å². The highest BCUT2D eigenvalue weighted by Crippen LogP contribution is 2.25. The Morgan fingerprint density at radius 2 is 1.81 bits per heavy atom. The number of nitrogen functional groups attached to an aromatic ring is 1. The first kappa shape index (κ1) is 18.3. The highest BCUT2D eigenvalue weighted by molar-refractivity contribution is 7.91. The second-order valence-electron chi connectivity index (χ2n) is 6.22. The highest BCUT2D eigenvalue weighted by atomic mass is 32.2. The van der Waals surface area contributed by atoms with Crippen LogP contribution in [0.1, 0.15) is 22.9 Å². The molecule has 0 radical (unpaired) electrons. The normalized spacial score (nSPS) is 12.8. The molecule has 8 heteroatoms. The summed E-state index contributed by atoms with van der Waals surface area (Å²) in [6.07, 6.45) is 0.360. The van der Waals surface area contributed by atoms with Gasteiger partial charge in [-0.25, -0.2) is 13.1 Å². The van der Waals surface area contributed by atoms with Crippen LogP contribution in [0.15, 0.2) is 59.5 Å². The van der Waals surface area contributed by atoms with Crippen molar-refractivity contribution in [2.75, 3.05) is 11.6 Å². The number of aromatic nitrogens is 3. The van der Waals surface area contributed by atoms with Crippen LogP contribution in [0.2, 0.25) is 0 Å². The molecule has 0 fully saturated rings. The van der Waals surface area contributed by atoms with Gasteiger partial charge in [-0.1, -0.05) is 48.0 Å². The summed E-state index contributed by atoms with van der Waals surface area (Å²) >= 11 is 5.05. The van der Waals surface area contributed by atoms with Crippen LogP contribution in [0.25, 0.3) is 0 Å². The van der Waals surface area contributed by atoms with E-state index in [4.69, 9.17) is 18.1 Å². The van der Waals surface area contributed by atoms with Crippen molar-refractivity contribution >= 4 is 22.1 Å². The molecular weight excluding hydrogens is 368 g/mol. The van der Waals surface area contributed by atoms with E-state index in [-0.39, 0.29) is 11.7 Å². The Bertz CT molecular complexity index is 1040. The Morgan fingerprint density at radius 1 is 1.15 bits per heavy atom. The van der Waals surface area contributed by atoms with Crippen LogP contribution in [-0.2, 0) is 16.3 Å². The maximum atomic E-state index is 12.9. The highest BCUT2D eigenvalue weighted by Gasteiger charge is 2.24. The molecule has 26 heavy (non-hydrogen) atoms. The predicted octanol–water partition coefficient (Wildman–Crippen LogP) is 2.76. The smallest absolute Gasteiger partial charge is 0.214 e. The second kappa shape index (κ2) is 7.43. The topological polar surface area (TPSA) is 93.8 Å². The maximum absolute atomic E-state index is 12.9. The predicted molar refractivity (Wildman–Crippen MR) is 104 cm³/mol. The zero-order valence-electron chi connectivity index (χ0n) is 14.3. The third kappa shape index (κ3) is 4.03. The van der Waals surface area contributed by atoms with Gasteiger partial charge in [-0.05, 0) is 36.8 Å². The zero-order chi connectivity index (χ0) is 18.7. The van der Waals surface area contributed by atoms with Crippen LogP contribution in [0.4, 0.5) is 0 Å². The van der Waals surface area contributed by atoms with Gasteiger partial charge in [0.25, 0.3) is 0 Å². The Morgan fingerprint density at radius 3 is 2.38 bits per heavy atom. The molecule has 0 saturated heterocycles. The standard InChI is InChI=1S/C18H20N4O2S2/c1-13-7-9-14(10-8-13)15(11-17-20-21-18(25)22(17)19)12-26(23,24)16-5-3-2-4-6-16/h2-10,15H,11-12,19H2,1H3,(H,21,25). The number of benzene rings is 2. The number of hydrogen-bond donors (Lipinski definition) is 2. The largest absolute Gasteiger partial charge is 0.335 e. The minimum atomic E-state index is -3.46. The number of aromatic amines is 1. The third-order valence-electron chi connectivity index (χ3n) is 4.28. The lowest BCUT2D eigenvalue weighted by Crippen LogP contribution is -2.21. The lowest BCUT2D eigenvalue weighted by atomic mass is 9.96. The van der Waals surface area contributed by atoms with Gasteiger partial charge in [0.2, 0.25) is 4.77 Å². The average Bonchev–Trinajstić information content (AvgIpc) is 2.94. The molecule has 3 aromatic rings. The van der Waals surface area contributed by atoms with E-state index in [0.717, 1.165) is 11.1 Å². The van der Waals surface area contributed by atoms with Crippen molar-refractivity contribution in [1.29, 1.82) is 0 Å². The number of nitrogens with zero attached hydrogens (tertiary/aromatic N) is 2. The van der Waals surface area contributed by atoms with Crippen molar-refractivity contribution in [2.24, 2.45) is 0 Å². The molecular formula is C18H20N4O2S2. The van der Waals surface area contributed by atoms with E-state index in [1.807, 2.05) is 31.2 Å². The second-order valence-corrected chi connectivity index (χ2v) is 8.64. The fraction of sp³-hybridized carbons (Fsp3) is 0.222. The zero-order valence-corrected chi connectivity index (χ0v) is 15.9. The maximum Gasteiger partial charge on any atom is 0.214 e. The molecule has 3 rings (SSSR count). The number of rotatable bonds is 6. The Hall–Kier alpha value is -2.45. The Balaban J connectivity index is 1.96. The van der Waals surface area contributed by atoms with Crippen molar-refractivity contribution in [3.63, 3.8) is 0 Å². The molecule has 1 aromatic heterocycles. The van der Waals surface area contributed by atoms with Gasteiger partial charge in [-0.15, -0.1) is 0 Å². The summed E-state index contributed by atoms with van der Waals surface area (Å²) in [5.41, 5.74) is 2.03. The van der Waals surface area contributed by atoms with E-state index in [2.05, 4.69) is 10.2 Å². The SMILES string of the molecule is Cc1ccc(C(Cc2n[nH]c(=S)n2N)CS(=O)(=O)c2ccccc2)cc1. The summed E-state index contributed by atoms with van der Waals surface area (Å²) in [5.74, 6) is 6.07. The van der Waals surface area contributed by atoms with Crippen molar-refractivity contribution in [2.45, 2.75) is 24.2 Å². The van der Waals surface area contributed by atoms with E-state index >= 15 is 0 Å². The minimum absolute atomic E-state index is 0.0420.